The summed E-state index contributed by atoms with van der Waals surface area (Å²) in [6.45, 7) is 2.72. The zero-order chi connectivity index (χ0) is 20.8. The van der Waals surface area contributed by atoms with Gasteiger partial charge < -0.3 is 15.1 Å². The maximum atomic E-state index is 12.9. The maximum Gasteiger partial charge on any atom is 0.273 e. The van der Waals surface area contributed by atoms with Crippen molar-refractivity contribution in [3.8, 4) is 0 Å². The van der Waals surface area contributed by atoms with Crippen molar-refractivity contribution in [2.45, 2.75) is 18.5 Å². The Hall–Kier alpha value is -1.52. The van der Waals surface area contributed by atoms with E-state index in [2.05, 4.69) is 26.2 Å². The summed E-state index contributed by atoms with van der Waals surface area (Å²) in [7, 11) is 0. The molecular formula is C20H18BrClN4O2S2. The summed E-state index contributed by atoms with van der Waals surface area (Å²) >= 11 is 12.8. The highest BCUT2D eigenvalue weighted by atomic mass is 79.9. The lowest BCUT2D eigenvalue weighted by atomic mass is 10.1. The fourth-order valence-corrected chi connectivity index (χ4v) is 6.52. The molecule has 1 aromatic carbocycles. The Labute approximate surface area is 195 Å². The van der Waals surface area contributed by atoms with Crippen molar-refractivity contribution in [1.29, 1.82) is 0 Å². The summed E-state index contributed by atoms with van der Waals surface area (Å²) in [5, 5.41) is 6.83. The van der Waals surface area contributed by atoms with Gasteiger partial charge in [0, 0.05) is 58.2 Å². The van der Waals surface area contributed by atoms with Gasteiger partial charge in [-0.1, -0.05) is 33.6 Å². The van der Waals surface area contributed by atoms with Crippen molar-refractivity contribution in [2.24, 2.45) is 0 Å². The average Bonchev–Trinajstić information content (AvgIpc) is 3.44. The molecule has 30 heavy (non-hydrogen) atoms. The van der Waals surface area contributed by atoms with Crippen molar-refractivity contribution < 1.29 is 9.59 Å². The second-order valence-electron chi connectivity index (χ2n) is 7.57. The number of carbonyl (C=O) groups excluding carboxylic acids is 2. The highest BCUT2D eigenvalue weighted by Gasteiger charge is 2.36. The van der Waals surface area contributed by atoms with Gasteiger partial charge in [0.25, 0.3) is 11.8 Å². The van der Waals surface area contributed by atoms with E-state index < -0.39 is 0 Å². The largest absolute Gasteiger partial charge is 0.336 e. The number of fused-ring (bicyclic) bond motifs is 1. The minimum atomic E-state index is -0.0119. The van der Waals surface area contributed by atoms with E-state index in [0.29, 0.717) is 35.2 Å². The van der Waals surface area contributed by atoms with Gasteiger partial charge in [-0.3, -0.25) is 9.59 Å². The molecule has 2 aromatic heterocycles. The van der Waals surface area contributed by atoms with Crippen molar-refractivity contribution in [1.82, 2.24) is 20.1 Å². The summed E-state index contributed by atoms with van der Waals surface area (Å²) < 4.78 is 1.97. The van der Waals surface area contributed by atoms with Crippen LogP contribution in [0.3, 0.4) is 0 Å². The maximum absolute atomic E-state index is 12.9. The van der Waals surface area contributed by atoms with Gasteiger partial charge in [-0.15, -0.1) is 22.7 Å². The topological polar surface area (TPSA) is 65.5 Å². The van der Waals surface area contributed by atoms with E-state index in [9.17, 15) is 9.59 Å². The number of benzene rings is 1. The number of hydrogen-bond donors (Lipinski definition) is 1. The number of rotatable bonds is 4. The van der Waals surface area contributed by atoms with Crippen molar-refractivity contribution in [2.75, 3.05) is 26.2 Å². The minimum absolute atomic E-state index is 0.00277. The molecule has 3 aromatic rings. The summed E-state index contributed by atoms with van der Waals surface area (Å²) in [5.74, 6) is -0.0147. The Morgan fingerprint density at radius 3 is 2.73 bits per heavy atom. The Kier molecular flexibility index (Phi) is 5.57. The van der Waals surface area contributed by atoms with E-state index in [-0.39, 0.29) is 23.9 Å². The van der Waals surface area contributed by atoms with E-state index in [0.717, 1.165) is 27.5 Å². The zero-order valence-corrected chi connectivity index (χ0v) is 19.8. The smallest absolute Gasteiger partial charge is 0.273 e. The molecule has 2 aliphatic heterocycles. The van der Waals surface area contributed by atoms with E-state index in [4.69, 9.17) is 11.6 Å². The predicted octanol–water partition coefficient (Wildman–Crippen LogP) is 4.10. The number of thiazole rings is 1. The van der Waals surface area contributed by atoms with Gasteiger partial charge in [-0.25, -0.2) is 4.98 Å². The SMILES string of the molecule is O=C(c1cscn1)N1CCC(NC2CN(C(=O)c3sc4cc(Br)ccc4c3Cl)C2)C1. The van der Waals surface area contributed by atoms with E-state index in [1.165, 1.54) is 22.7 Å². The Bertz CT molecular complexity index is 1110. The molecule has 0 aliphatic carbocycles. The molecule has 1 N–H and O–H groups in total. The molecule has 0 radical (unpaired) electrons. The Morgan fingerprint density at radius 2 is 1.97 bits per heavy atom. The molecule has 0 spiro atoms. The third-order valence-corrected chi connectivity index (χ3v) is 8.28. The molecular weight excluding hydrogens is 508 g/mol. The number of thiophene rings is 1. The van der Waals surface area contributed by atoms with Gasteiger partial charge in [0.05, 0.1) is 10.5 Å². The standard InChI is InChI=1S/C20H18BrClN4O2S2/c21-11-1-2-14-16(5-11)30-18(17(14)22)20(28)26-7-13(8-26)24-12-3-4-25(6-12)19(27)15-9-29-10-23-15/h1-2,5,9-10,12-13,24H,3-4,6-8H2. The molecule has 2 fully saturated rings. The number of nitrogens with one attached hydrogen (secondary N) is 1. The van der Waals surface area contributed by atoms with Crippen LogP contribution >= 0.6 is 50.2 Å². The molecule has 0 saturated carbocycles. The van der Waals surface area contributed by atoms with Crippen LogP contribution in [-0.4, -0.2) is 64.9 Å². The molecule has 5 rings (SSSR count). The third-order valence-electron chi connectivity index (χ3n) is 5.55. The fraction of sp³-hybridized carbons (Fsp3) is 0.350. The van der Waals surface area contributed by atoms with Crippen LogP contribution < -0.4 is 5.32 Å². The first-order valence-electron chi connectivity index (χ1n) is 9.60. The van der Waals surface area contributed by atoms with Gasteiger partial charge in [0.1, 0.15) is 10.6 Å². The first-order valence-corrected chi connectivity index (χ1v) is 12.5. The average molecular weight is 526 g/mol. The molecule has 2 amide bonds. The zero-order valence-electron chi connectivity index (χ0n) is 15.8. The second kappa shape index (κ2) is 8.20. The van der Waals surface area contributed by atoms with Gasteiger partial charge >= 0.3 is 0 Å². The minimum Gasteiger partial charge on any atom is -0.336 e. The molecule has 2 saturated heterocycles. The number of carbonyl (C=O) groups is 2. The first kappa shape index (κ1) is 20.4. The molecule has 0 bridgehead atoms. The van der Waals surface area contributed by atoms with E-state index in [1.807, 2.05) is 28.0 Å². The van der Waals surface area contributed by atoms with Crippen LogP contribution in [0.25, 0.3) is 10.1 Å². The number of likely N-dealkylation sites (tertiary alicyclic amines) is 2. The molecule has 4 heterocycles. The van der Waals surface area contributed by atoms with Crippen molar-refractivity contribution in [3.63, 3.8) is 0 Å². The van der Waals surface area contributed by atoms with Crippen LogP contribution in [0.4, 0.5) is 0 Å². The molecule has 156 valence electrons. The van der Waals surface area contributed by atoms with Gasteiger partial charge in [-0.05, 0) is 18.6 Å². The third kappa shape index (κ3) is 3.78. The monoisotopic (exact) mass is 524 g/mol. The molecule has 6 nitrogen and oxygen atoms in total. The van der Waals surface area contributed by atoms with Crippen molar-refractivity contribution in [3.05, 3.63) is 49.2 Å². The summed E-state index contributed by atoms with van der Waals surface area (Å²) in [6, 6.07) is 6.36. The number of nitrogens with zero attached hydrogens (tertiary/aromatic N) is 3. The lowest BCUT2D eigenvalue weighted by molar-refractivity contribution is 0.0558. The van der Waals surface area contributed by atoms with E-state index in [1.54, 1.807) is 10.9 Å². The van der Waals surface area contributed by atoms with Crippen LogP contribution in [0.5, 0.6) is 0 Å². The lowest BCUT2D eigenvalue weighted by Crippen LogP contribution is -2.62. The van der Waals surface area contributed by atoms with Crippen molar-refractivity contribution >= 4 is 72.1 Å². The van der Waals surface area contributed by atoms with Crippen LogP contribution in [0, 0.1) is 0 Å². The first-order chi connectivity index (χ1) is 14.5. The summed E-state index contributed by atoms with van der Waals surface area (Å²) in [6.07, 6.45) is 0.914. The predicted molar refractivity (Wildman–Crippen MR) is 124 cm³/mol. The van der Waals surface area contributed by atoms with Gasteiger partial charge in [-0.2, -0.15) is 0 Å². The molecule has 10 heteroatoms. The molecule has 1 unspecified atom stereocenters. The van der Waals surface area contributed by atoms with Gasteiger partial charge in [0.2, 0.25) is 0 Å². The number of amides is 2. The van der Waals surface area contributed by atoms with Gasteiger partial charge in [0.15, 0.2) is 0 Å². The Balaban J connectivity index is 1.16. The van der Waals surface area contributed by atoms with Crippen LogP contribution in [-0.2, 0) is 0 Å². The second-order valence-corrected chi connectivity index (χ2v) is 10.6. The van der Waals surface area contributed by atoms with E-state index >= 15 is 0 Å². The highest BCUT2D eigenvalue weighted by Crippen LogP contribution is 2.38. The quantitative estimate of drug-likeness (QED) is 0.557. The highest BCUT2D eigenvalue weighted by molar-refractivity contribution is 9.10. The molecule has 2 aliphatic rings. The number of halogens is 2. The Morgan fingerprint density at radius 1 is 1.17 bits per heavy atom. The lowest BCUT2D eigenvalue weighted by Gasteiger charge is -2.41. The normalized spacial score (nSPS) is 19.5. The summed E-state index contributed by atoms with van der Waals surface area (Å²) in [5.41, 5.74) is 2.20. The van der Waals surface area contributed by atoms with Crippen LogP contribution in [0.1, 0.15) is 26.6 Å². The van der Waals surface area contributed by atoms with Crippen LogP contribution in [0.2, 0.25) is 5.02 Å². The molecule has 1 atom stereocenters. The number of hydrogen-bond acceptors (Lipinski definition) is 6. The fourth-order valence-electron chi connectivity index (χ4n) is 3.96. The number of aromatic nitrogens is 1. The van der Waals surface area contributed by atoms with Crippen LogP contribution in [0.15, 0.2) is 33.6 Å². The summed E-state index contributed by atoms with van der Waals surface area (Å²) in [4.78, 5) is 33.7.